The van der Waals surface area contributed by atoms with Gasteiger partial charge in [0.25, 0.3) is 5.91 Å². The van der Waals surface area contributed by atoms with Gasteiger partial charge in [-0.05, 0) is 30.7 Å². The molecule has 1 amide bonds. The van der Waals surface area contributed by atoms with E-state index < -0.39 is 0 Å². The fraction of sp³-hybridized carbons (Fsp3) is 0.318. The van der Waals surface area contributed by atoms with Crippen LogP contribution < -0.4 is 14.2 Å². The highest BCUT2D eigenvalue weighted by molar-refractivity contribution is 5.97. The number of methoxy groups -OCH3 is 2. The molecule has 8 nitrogen and oxygen atoms in total. The Labute approximate surface area is 175 Å². The monoisotopic (exact) mass is 408 g/mol. The van der Waals surface area contributed by atoms with Crippen molar-refractivity contribution in [3.05, 3.63) is 66.0 Å². The van der Waals surface area contributed by atoms with E-state index in [0.29, 0.717) is 36.8 Å². The first-order valence-corrected chi connectivity index (χ1v) is 9.78. The van der Waals surface area contributed by atoms with Crippen LogP contribution in [0.1, 0.15) is 28.5 Å². The molecule has 2 heterocycles. The molecule has 3 aromatic rings. The highest BCUT2D eigenvalue weighted by Gasteiger charge is 2.30. The number of rotatable bonds is 7. The zero-order valence-corrected chi connectivity index (χ0v) is 17.0. The lowest BCUT2D eigenvalue weighted by Gasteiger charge is -2.18. The van der Waals surface area contributed by atoms with E-state index in [4.69, 9.17) is 14.2 Å². The summed E-state index contributed by atoms with van der Waals surface area (Å²) < 4.78 is 18.1. The van der Waals surface area contributed by atoms with E-state index in [2.05, 4.69) is 10.3 Å². The van der Waals surface area contributed by atoms with Crippen molar-refractivity contribution < 1.29 is 19.0 Å². The molecule has 30 heavy (non-hydrogen) atoms. The molecule has 1 saturated heterocycles. The summed E-state index contributed by atoms with van der Waals surface area (Å²) in [5.74, 6) is 1.88. The zero-order chi connectivity index (χ0) is 20.9. The number of hydrogen-bond acceptors (Lipinski definition) is 6. The van der Waals surface area contributed by atoms with Crippen molar-refractivity contribution in [2.24, 2.45) is 0 Å². The van der Waals surface area contributed by atoms with E-state index in [0.717, 1.165) is 17.9 Å². The molecule has 1 atom stereocenters. The van der Waals surface area contributed by atoms with E-state index >= 15 is 0 Å². The number of ether oxygens (including phenoxy) is 3. The summed E-state index contributed by atoms with van der Waals surface area (Å²) in [5.41, 5.74) is 1.27. The van der Waals surface area contributed by atoms with Gasteiger partial charge in [0.05, 0.1) is 32.0 Å². The normalized spacial score (nSPS) is 15.8. The highest BCUT2D eigenvalue weighted by Crippen LogP contribution is 2.29. The molecule has 1 aliphatic rings. The molecule has 0 N–H and O–H groups in total. The van der Waals surface area contributed by atoms with Gasteiger partial charge in [0, 0.05) is 19.2 Å². The average molecular weight is 408 g/mol. The van der Waals surface area contributed by atoms with Crippen molar-refractivity contribution in [3.63, 3.8) is 0 Å². The number of carbonyl (C=O) groups excluding carboxylic acids is 1. The highest BCUT2D eigenvalue weighted by atomic mass is 16.5. The Kier molecular flexibility index (Phi) is 5.83. The Morgan fingerprint density at radius 3 is 2.70 bits per heavy atom. The summed E-state index contributed by atoms with van der Waals surface area (Å²) in [5, 5.41) is 8.44. The molecule has 1 unspecified atom stereocenters. The van der Waals surface area contributed by atoms with Crippen LogP contribution in [-0.4, -0.2) is 53.1 Å². The van der Waals surface area contributed by atoms with Gasteiger partial charge >= 0.3 is 0 Å². The molecule has 1 fully saturated rings. The van der Waals surface area contributed by atoms with Crippen LogP contribution in [0.3, 0.4) is 0 Å². The van der Waals surface area contributed by atoms with Crippen molar-refractivity contribution in [2.75, 3.05) is 27.3 Å². The van der Waals surface area contributed by atoms with Gasteiger partial charge in [-0.2, -0.15) is 0 Å². The van der Waals surface area contributed by atoms with Crippen molar-refractivity contribution in [1.82, 2.24) is 19.9 Å². The van der Waals surface area contributed by atoms with E-state index in [1.165, 1.54) is 0 Å². The van der Waals surface area contributed by atoms with E-state index in [9.17, 15) is 4.79 Å². The molecule has 0 saturated carbocycles. The van der Waals surface area contributed by atoms with Crippen LogP contribution in [0.2, 0.25) is 0 Å². The van der Waals surface area contributed by atoms with Crippen LogP contribution in [0.25, 0.3) is 0 Å². The van der Waals surface area contributed by atoms with Crippen molar-refractivity contribution in [1.29, 1.82) is 0 Å². The first-order chi connectivity index (χ1) is 14.7. The molecule has 8 heteroatoms. The minimum atomic E-state index is -0.0650. The maximum Gasteiger partial charge on any atom is 0.257 e. The van der Waals surface area contributed by atoms with Crippen LogP contribution >= 0.6 is 0 Å². The maximum atomic E-state index is 13.0. The number of nitrogens with zero attached hydrogens (tertiary/aromatic N) is 4. The molecule has 0 bridgehead atoms. The zero-order valence-electron chi connectivity index (χ0n) is 17.0. The molecule has 0 spiro atoms. The van der Waals surface area contributed by atoms with Crippen LogP contribution in [-0.2, 0) is 6.61 Å². The summed E-state index contributed by atoms with van der Waals surface area (Å²) in [6, 6.07) is 14.9. The van der Waals surface area contributed by atoms with Gasteiger partial charge in [-0.15, -0.1) is 5.10 Å². The lowest BCUT2D eigenvalue weighted by Crippen LogP contribution is -2.29. The Bertz CT molecular complexity index is 1010. The summed E-state index contributed by atoms with van der Waals surface area (Å²) >= 11 is 0. The van der Waals surface area contributed by atoms with E-state index in [-0.39, 0.29) is 11.9 Å². The van der Waals surface area contributed by atoms with E-state index in [1.54, 1.807) is 32.4 Å². The predicted molar refractivity (Wildman–Crippen MR) is 110 cm³/mol. The summed E-state index contributed by atoms with van der Waals surface area (Å²) in [6.07, 6.45) is 2.70. The molecule has 4 rings (SSSR count). The molecule has 156 valence electrons. The number of hydrogen-bond donors (Lipinski definition) is 0. The molecule has 0 radical (unpaired) electrons. The third-order valence-corrected chi connectivity index (χ3v) is 5.15. The minimum Gasteiger partial charge on any atom is -0.497 e. The van der Waals surface area contributed by atoms with Gasteiger partial charge in [-0.1, -0.05) is 23.4 Å². The largest absolute Gasteiger partial charge is 0.497 e. The van der Waals surface area contributed by atoms with Gasteiger partial charge in [-0.3, -0.25) is 4.79 Å². The summed E-state index contributed by atoms with van der Waals surface area (Å²) in [7, 11) is 3.13. The predicted octanol–water partition coefficient (Wildman–Crippen LogP) is 2.96. The number of benzene rings is 2. The molecule has 0 aliphatic carbocycles. The lowest BCUT2D eigenvalue weighted by molar-refractivity contribution is 0.0783. The maximum absolute atomic E-state index is 13.0. The lowest BCUT2D eigenvalue weighted by atomic mass is 10.1. The van der Waals surface area contributed by atoms with Gasteiger partial charge in [0.1, 0.15) is 29.5 Å². The standard InChI is InChI=1S/C22H24N4O4/c1-28-19-8-9-20(21(12-19)29-2)22(27)25-11-10-17(14-25)26-13-16(23-24-26)15-30-18-6-4-3-5-7-18/h3-9,12-13,17H,10-11,14-15H2,1-2H3. The van der Waals surface area contributed by atoms with Crippen LogP contribution in [0.4, 0.5) is 0 Å². The first kappa shape index (κ1) is 19.8. The second-order valence-corrected chi connectivity index (χ2v) is 7.05. The number of para-hydroxylation sites is 1. The molecular formula is C22H24N4O4. The minimum absolute atomic E-state index is 0.0650. The van der Waals surface area contributed by atoms with Crippen LogP contribution in [0, 0.1) is 0 Å². The summed E-state index contributed by atoms with van der Waals surface area (Å²) in [4.78, 5) is 14.8. The molecule has 2 aromatic carbocycles. The van der Waals surface area contributed by atoms with E-state index in [1.807, 2.05) is 46.1 Å². The topological polar surface area (TPSA) is 78.7 Å². The number of likely N-dealkylation sites (tertiary alicyclic amines) is 1. The smallest absolute Gasteiger partial charge is 0.257 e. The summed E-state index contributed by atoms with van der Waals surface area (Å²) in [6.45, 7) is 1.56. The fourth-order valence-corrected chi connectivity index (χ4v) is 3.52. The Morgan fingerprint density at radius 2 is 1.93 bits per heavy atom. The second kappa shape index (κ2) is 8.86. The van der Waals surface area contributed by atoms with Crippen LogP contribution in [0.15, 0.2) is 54.7 Å². The fourth-order valence-electron chi connectivity index (χ4n) is 3.52. The number of amides is 1. The molecular weight excluding hydrogens is 384 g/mol. The quantitative estimate of drug-likeness (QED) is 0.598. The number of carbonyl (C=O) groups is 1. The van der Waals surface area contributed by atoms with Gasteiger partial charge < -0.3 is 19.1 Å². The van der Waals surface area contributed by atoms with Gasteiger partial charge in [0.2, 0.25) is 0 Å². The average Bonchev–Trinajstić information content (AvgIpc) is 3.47. The van der Waals surface area contributed by atoms with Gasteiger partial charge in [0.15, 0.2) is 0 Å². The second-order valence-electron chi connectivity index (χ2n) is 7.05. The van der Waals surface area contributed by atoms with Crippen molar-refractivity contribution in [2.45, 2.75) is 19.1 Å². The third-order valence-electron chi connectivity index (χ3n) is 5.15. The third kappa shape index (κ3) is 4.22. The molecule has 1 aliphatic heterocycles. The van der Waals surface area contributed by atoms with Crippen LogP contribution in [0.5, 0.6) is 17.2 Å². The van der Waals surface area contributed by atoms with Crippen molar-refractivity contribution >= 4 is 5.91 Å². The Hall–Kier alpha value is -3.55. The van der Waals surface area contributed by atoms with Crippen molar-refractivity contribution in [3.8, 4) is 17.2 Å². The van der Waals surface area contributed by atoms with Gasteiger partial charge in [-0.25, -0.2) is 4.68 Å². The SMILES string of the molecule is COc1ccc(C(=O)N2CCC(n3cc(COc4ccccc4)nn3)C2)c(OC)c1. The number of aromatic nitrogens is 3. The molecule has 1 aromatic heterocycles. The Balaban J connectivity index is 1.39. The first-order valence-electron chi connectivity index (χ1n) is 9.78. The Morgan fingerprint density at radius 1 is 1.10 bits per heavy atom.